The minimum atomic E-state index is -1.69. The maximum absolute atomic E-state index is 12.8. The van der Waals surface area contributed by atoms with Crippen molar-refractivity contribution in [3.63, 3.8) is 0 Å². The van der Waals surface area contributed by atoms with Crippen LogP contribution in [0.2, 0.25) is 0 Å². The zero-order valence-corrected chi connectivity index (χ0v) is 43.8. The van der Waals surface area contributed by atoms with Gasteiger partial charge in [0.25, 0.3) is 0 Å². The first-order valence-corrected chi connectivity index (χ1v) is 25.6. The zero-order chi connectivity index (χ0) is 56.7. The first-order valence-electron chi connectivity index (χ1n) is 25.6. The van der Waals surface area contributed by atoms with E-state index in [-0.39, 0.29) is 25.7 Å². The summed E-state index contributed by atoms with van der Waals surface area (Å²) in [5.41, 5.74) is 0. The molecule has 26 heteroatoms. The number of esters is 2. The van der Waals surface area contributed by atoms with Crippen LogP contribution in [0.25, 0.3) is 0 Å². The molecule has 0 bridgehead atoms. The molecule has 0 aliphatic rings. The van der Waals surface area contributed by atoms with E-state index in [0.717, 1.165) is 39.9 Å². The van der Waals surface area contributed by atoms with Crippen LogP contribution in [0.5, 0.6) is 0 Å². The molecule has 6 atom stereocenters. The van der Waals surface area contributed by atoms with Crippen molar-refractivity contribution in [2.45, 2.75) is 210 Å². The summed E-state index contributed by atoms with van der Waals surface area (Å²) < 4.78 is 9.31. The summed E-state index contributed by atoms with van der Waals surface area (Å²) in [5, 5.41) is 54.6. The highest BCUT2D eigenvalue weighted by Gasteiger charge is 2.30. The van der Waals surface area contributed by atoms with Crippen molar-refractivity contribution in [1.82, 2.24) is 37.2 Å². The quantitative estimate of drug-likeness (QED) is 0.0304. The Kier molecular flexibility index (Phi) is 36.8. The van der Waals surface area contributed by atoms with E-state index in [1.54, 1.807) is 0 Å². The van der Waals surface area contributed by atoms with Gasteiger partial charge in [-0.15, -0.1) is 0 Å². The highest BCUT2D eigenvalue weighted by molar-refractivity contribution is 5.90. The molecule has 75 heavy (non-hydrogen) atoms. The molecule has 26 nitrogen and oxygen atoms in total. The van der Waals surface area contributed by atoms with Crippen LogP contribution in [0.15, 0.2) is 0 Å². The van der Waals surface area contributed by atoms with Crippen molar-refractivity contribution in [2.24, 2.45) is 0 Å². The van der Waals surface area contributed by atoms with Crippen LogP contribution in [0.1, 0.15) is 174 Å². The Morgan fingerprint density at radius 2 is 0.533 bits per heavy atom. The molecule has 0 spiro atoms. The van der Waals surface area contributed by atoms with E-state index in [0.29, 0.717) is 6.42 Å². The van der Waals surface area contributed by atoms with Crippen LogP contribution in [0.3, 0.4) is 0 Å². The number of carboxylic acid groups (broad SMARTS) is 4. The third-order valence-corrected chi connectivity index (χ3v) is 11.9. The maximum Gasteiger partial charge on any atom is 0.328 e. The minimum Gasteiger partial charge on any atom is -0.480 e. The number of nitrogens with one attached hydrogen (secondary N) is 7. The Morgan fingerprint density at radius 1 is 0.320 bits per heavy atom. The normalized spacial score (nSPS) is 13.2. The zero-order valence-electron chi connectivity index (χ0n) is 43.8. The molecule has 11 N–H and O–H groups in total. The fraction of sp³-hybridized carbons (Fsp3) is 0.735. The van der Waals surface area contributed by atoms with Crippen molar-refractivity contribution in [1.29, 1.82) is 0 Å². The van der Waals surface area contributed by atoms with Gasteiger partial charge in [0.05, 0.1) is 14.2 Å². The third-order valence-electron chi connectivity index (χ3n) is 11.9. The number of ether oxygens (including phenoxy) is 2. The number of carboxylic acids is 4. The van der Waals surface area contributed by atoms with Crippen LogP contribution >= 0.6 is 0 Å². The molecule has 426 valence electrons. The van der Waals surface area contributed by atoms with Crippen LogP contribution in [0, 0.1) is 0 Å². The lowest BCUT2D eigenvalue weighted by atomic mass is 10.0. The maximum atomic E-state index is 12.8. The number of aliphatic carboxylic acids is 4. The smallest absolute Gasteiger partial charge is 0.328 e. The van der Waals surface area contributed by atoms with Crippen LogP contribution in [-0.4, -0.2) is 155 Å². The van der Waals surface area contributed by atoms with Gasteiger partial charge in [-0.25, -0.2) is 28.8 Å². The molecule has 0 saturated carbocycles. The number of carbonyl (C=O) groups is 13. The summed E-state index contributed by atoms with van der Waals surface area (Å²) >= 11 is 0. The second kappa shape index (κ2) is 40.5. The number of carbonyl (C=O) groups excluding carboxylic acids is 9. The van der Waals surface area contributed by atoms with E-state index in [4.69, 9.17) is 0 Å². The number of rotatable bonds is 44. The minimum absolute atomic E-state index is 0.108. The van der Waals surface area contributed by atoms with Gasteiger partial charge in [0.2, 0.25) is 41.4 Å². The molecule has 0 saturated heterocycles. The highest BCUT2D eigenvalue weighted by atomic mass is 16.5. The summed E-state index contributed by atoms with van der Waals surface area (Å²) in [4.78, 5) is 160. The summed E-state index contributed by atoms with van der Waals surface area (Å²) in [6, 6.07) is -9.07. The predicted octanol–water partition coefficient (Wildman–Crippen LogP) is 1.49. The van der Waals surface area contributed by atoms with E-state index in [1.807, 2.05) is 0 Å². The fourth-order valence-corrected chi connectivity index (χ4v) is 7.49. The van der Waals surface area contributed by atoms with Gasteiger partial charge in [-0.3, -0.25) is 33.6 Å². The lowest BCUT2D eigenvalue weighted by Crippen LogP contribution is -2.46. The molecule has 0 aliphatic carbocycles. The Labute approximate surface area is 437 Å². The monoisotopic (exact) mass is 1070 g/mol. The van der Waals surface area contributed by atoms with Gasteiger partial charge in [0.1, 0.15) is 36.3 Å². The first-order chi connectivity index (χ1) is 35.6. The van der Waals surface area contributed by atoms with Crippen molar-refractivity contribution in [3.8, 4) is 0 Å². The first kappa shape index (κ1) is 68.1. The Hall–Kier alpha value is -6.89. The average Bonchev–Trinajstić information content (AvgIpc) is 3.36. The van der Waals surface area contributed by atoms with Crippen LogP contribution in [0.4, 0.5) is 0 Å². The number of methoxy groups -OCH3 is 2. The molecule has 7 amide bonds. The molecule has 0 fully saturated rings. The molecule has 0 aliphatic heterocycles. The summed E-state index contributed by atoms with van der Waals surface area (Å²) in [6.07, 6.45) is 9.39. The molecule has 0 rings (SSSR count). The molecule has 0 aromatic heterocycles. The van der Waals surface area contributed by atoms with E-state index in [9.17, 15) is 82.8 Å². The average molecular weight is 1070 g/mol. The molecule has 0 aromatic carbocycles. The largest absolute Gasteiger partial charge is 0.480 e. The third kappa shape index (κ3) is 33.5. The van der Waals surface area contributed by atoms with Crippen LogP contribution in [-0.2, 0) is 71.8 Å². The van der Waals surface area contributed by atoms with E-state index >= 15 is 0 Å². The van der Waals surface area contributed by atoms with E-state index in [2.05, 4.69) is 53.6 Å². The van der Waals surface area contributed by atoms with Gasteiger partial charge in [-0.1, -0.05) is 84.0 Å². The van der Waals surface area contributed by atoms with Gasteiger partial charge < -0.3 is 67.1 Å². The highest BCUT2D eigenvalue weighted by Crippen LogP contribution is 2.14. The topological polar surface area (TPSA) is 406 Å². The van der Waals surface area contributed by atoms with Gasteiger partial charge in [0.15, 0.2) is 0 Å². The van der Waals surface area contributed by atoms with Crippen LogP contribution < -0.4 is 37.2 Å². The van der Waals surface area contributed by atoms with E-state index < -0.39 is 171 Å². The summed E-state index contributed by atoms with van der Waals surface area (Å²) in [5.74, 6) is -13.3. The molecule has 6 unspecified atom stereocenters. The lowest BCUT2D eigenvalue weighted by molar-refractivity contribution is -0.146. The Balaban J connectivity index is 5.02. The van der Waals surface area contributed by atoms with Crippen molar-refractivity contribution in [3.05, 3.63) is 0 Å². The van der Waals surface area contributed by atoms with Gasteiger partial charge in [-0.2, -0.15) is 0 Å². The van der Waals surface area contributed by atoms with Gasteiger partial charge in [-0.05, 0) is 44.9 Å². The number of amides is 7. The molecule has 0 radical (unpaired) electrons. The SMILES string of the molecule is CCCCCCCCCCCCCCCC(=O)NC(CCC(=O)NC(CCC(=O)NC(CCC(=O)NC(CCC(=O)NC(CCC(=O)NC(CCC(=O)NC)C(=O)OC)C(=O)O)C(=O)O)C(=O)OC)C(=O)O)C(=O)O. The molecule has 0 heterocycles. The molecular formula is C49H81N7O19. The Bertz CT molecular complexity index is 1880. The molecule has 0 aromatic rings. The lowest BCUT2D eigenvalue weighted by Gasteiger charge is -2.19. The predicted molar refractivity (Wildman–Crippen MR) is 266 cm³/mol. The summed E-state index contributed by atoms with van der Waals surface area (Å²) in [7, 11) is 3.42. The Morgan fingerprint density at radius 3 is 0.773 bits per heavy atom. The fourth-order valence-electron chi connectivity index (χ4n) is 7.49. The van der Waals surface area contributed by atoms with Gasteiger partial charge >= 0.3 is 35.8 Å². The number of unbranched alkanes of at least 4 members (excludes halogenated alkanes) is 12. The van der Waals surface area contributed by atoms with Gasteiger partial charge in [0, 0.05) is 52.0 Å². The van der Waals surface area contributed by atoms with Crippen molar-refractivity contribution >= 4 is 77.2 Å². The molecular weight excluding hydrogens is 991 g/mol. The number of hydrogen-bond acceptors (Lipinski definition) is 15. The van der Waals surface area contributed by atoms with E-state index in [1.165, 1.54) is 58.4 Å². The van der Waals surface area contributed by atoms with Crippen molar-refractivity contribution < 1.29 is 92.2 Å². The van der Waals surface area contributed by atoms with Crippen molar-refractivity contribution in [2.75, 3.05) is 21.3 Å². The second-order valence-corrected chi connectivity index (χ2v) is 18.0. The second-order valence-electron chi connectivity index (χ2n) is 18.0. The standard InChI is InChI=1S/C49H81N7O19/c1-5-6-7-8-9-10-11-12-13-14-15-16-17-18-38(58)51-31(44(64)65)19-26-39(59)52-34(47(70)71)22-29-43(63)56-36(49(73)75-4)24-30-41(61)54-32(45(66)67)20-27-40(60)53-33(46(68)69)21-28-42(62)55-35(48(72)74-3)23-25-37(57)50-2/h31-36H,5-30H2,1-4H3,(H,50,57)(H,51,58)(H,52,59)(H,53,60)(H,54,61)(H,55,62)(H,56,63)(H,64,65)(H,66,67)(H,68,69)(H,70,71). The summed E-state index contributed by atoms with van der Waals surface area (Å²) in [6.45, 7) is 2.20. The number of hydrogen-bond donors (Lipinski definition) is 11.